The molecule has 3 N–H and O–H groups in total. The first-order chi connectivity index (χ1) is 15.7. The van der Waals surface area contributed by atoms with Crippen molar-refractivity contribution < 1.29 is 9.59 Å². The summed E-state index contributed by atoms with van der Waals surface area (Å²) in [5, 5.41) is 14.6. The van der Waals surface area contributed by atoms with Gasteiger partial charge in [0.25, 0.3) is 0 Å². The van der Waals surface area contributed by atoms with Gasteiger partial charge in [0, 0.05) is 48.5 Å². The van der Waals surface area contributed by atoms with Crippen molar-refractivity contribution in [3.8, 4) is 0 Å². The molecule has 9 heteroatoms. The van der Waals surface area contributed by atoms with E-state index in [1.165, 1.54) is 0 Å². The van der Waals surface area contributed by atoms with Gasteiger partial charge in [-0.15, -0.1) is 0 Å². The quantitative estimate of drug-likeness (QED) is 0.418. The lowest BCUT2D eigenvalue weighted by Crippen LogP contribution is -2.34. The molecule has 4 aromatic rings. The van der Waals surface area contributed by atoms with Crippen LogP contribution in [0, 0.1) is 0 Å². The fourth-order valence-corrected chi connectivity index (χ4v) is 3.55. The Morgan fingerprint density at radius 1 is 1.00 bits per heavy atom. The van der Waals surface area contributed by atoms with E-state index in [2.05, 4.69) is 31.0 Å². The standard InChI is InChI=1S/C23H23N7O2/c1-2-26-23(32)28-20-14-25-11-8-18(20)22(29-21(31)15-30-12-4-9-27-30)17-6-3-5-16-7-10-24-13-19(16)17/h3-14,22H,2,15H2,1H3,(H,29,31)(H2,26,28,32). The number of benzene rings is 1. The van der Waals surface area contributed by atoms with Gasteiger partial charge in [0.2, 0.25) is 5.91 Å². The van der Waals surface area contributed by atoms with Gasteiger partial charge in [0.15, 0.2) is 0 Å². The predicted molar refractivity (Wildman–Crippen MR) is 121 cm³/mol. The summed E-state index contributed by atoms with van der Waals surface area (Å²) in [6.45, 7) is 2.39. The maximum Gasteiger partial charge on any atom is 0.319 e. The van der Waals surface area contributed by atoms with E-state index in [9.17, 15) is 9.59 Å². The SMILES string of the molecule is CCNC(=O)Nc1cnccc1C(NC(=O)Cn1cccn1)c1cccc2ccncc12. The largest absolute Gasteiger partial charge is 0.343 e. The number of rotatable bonds is 7. The number of anilines is 1. The molecular weight excluding hydrogens is 406 g/mol. The van der Waals surface area contributed by atoms with E-state index >= 15 is 0 Å². The third-order valence-electron chi connectivity index (χ3n) is 4.95. The van der Waals surface area contributed by atoms with E-state index in [1.807, 2.05) is 31.2 Å². The van der Waals surface area contributed by atoms with E-state index in [4.69, 9.17) is 0 Å². The Balaban J connectivity index is 1.76. The van der Waals surface area contributed by atoms with E-state index in [-0.39, 0.29) is 18.5 Å². The van der Waals surface area contributed by atoms with Crippen LogP contribution in [-0.2, 0) is 11.3 Å². The van der Waals surface area contributed by atoms with Gasteiger partial charge in [-0.25, -0.2) is 4.79 Å². The number of fused-ring (bicyclic) bond motifs is 1. The predicted octanol–water partition coefficient (Wildman–Crippen LogP) is 2.87. The van der Waals surface area contributed by atoms with Crippen molar-refractivity contribution in [1.29, 1.82) is 0 Å². The van der Waals surface area contributed by atoms with Gasteiger partial charge in [-0.2, -0.15) is 5.10 Å². The summed E-state index contributed by atoms with van der Waals surface area (Å²) in [4.78, 5) is 33.6. The number of nitrogens with zero attached hydrogens (tertiary/aromatic N) is 4. The van der Waals surface area contributed by atoms with E-state index in [1.54, 1.807) is 54.0 Å². The molecular formula is C23H23N7O2. The van der Waals surface area contributed by atoms with Crippen LogP contribution in [0.1, 0.15) is 24.1 Å². The number of carbonyl (C=O) groups excluding carboxylic acids is 2. The molecule has 0 saturated carbocycles. The van der Waals surface area contributed by atoms with Crippen molar-refractivity contribution in [3.63, 3.8) is 0 Å². The highest BCUT2D eigenvalue weighted by atomic mass is 16.2. The van der Waals surface area contributed by atoms with E-state index in [0.29, 0.717) is 17.8 Å². The van der Waals surface area contributed by atoms with Crippen LogP contribution < -0.4 is 16.0 Å². The molecule has 3 amide bonds. The number of carbonyl (C=O) groups is 2. The lowest BCUT2D eigenvalue weighted by molar-refractivity contribution is -0.122. The Hall–Kier alpha value is -4.27. The lowest BCUT2D eigenvalue weighted by atomic mass is 9.94. The zero-order chi connectivity index (χ0) is 22.3. The Morgan fingerprint density at radius 2 is 1.84 bits per heavy atom. The molecule has 3 heterocycles. The van der Waals surface area contributed by atoms with Crippen LogP contribution in [0.5, 0.6) is 0 Å². The van der Waals surface area contributed by atoms with Gasteiger partial charge in [-0.3, -0.25) is 19.4 Å². The minimum Gasteiger partial charge on any atom is -0.343 e. The molecule has 0 radical (unpaired) electrons. The summed E-state index contributed by atoms with van der Waals surface area (Å²) in [5.41, 5.74) is 2.06. The fraction of sp³-hybridized carbons (Fsp3) is 0.174. The Morgan fingerprint density at radius 3 is 2.66 bits per heavy atom. The molecule has 1 aromatic carbocycles. The molecule has 1 atom stereocenters. The summed E-state index contributed by atoms with van der Waals surface area (Å²) in [6, 6.07) is 10.4. The number of urea groups is 1. The van der Waals surface area contributed by atoms with Gasteiger partial charge in [-0.05, 0) is 36.1 Å². The summed E-state index contributed by atoms with van der Waals surface area (Å²) in [5.74, 6) is -0.222. The second-order valence-electron chi connectivity index (χ2n) is 7.10. The average molecular weight is 429 g/mol. The maximum atomic E-state index is 12.9. The highest BCUT2D eigenvalue weighted by Gasteiger charge is 2.23. The zero-order valence-corrected chi connectivity index (χ0v) is 17.5. The summed E-state index contributed by atoms with van der Waals surface area (Å²) in [6.07, 6.45) is 10.1. The minimum atomic E-state index is -0.550. The number of pyridine rings is 2. The van der Waals surface area contributed by atoms with Crippen LogP contribution in [-0.4, -0.2) is 38.2 Å². The molecule has 1 unspecified atom stereocenters. The highest BCUT2D eigenvalue weighted by Crippen LogP contribution is 2.32. The fourth-order valence-electron chi connectivity index (χ4n) is 3.55. The normalized spacial score (nSPS) is 11.7. The first-order valence-electron chi connectivity index (χ1n) is 10.2. The molecule has 32 heavy (non-hydrogen) atoms. The van der Waals surface area contributed by atoms with Crippen molar-refractivity contribution in [3.05, 3.63) is 84.7 Å². The van der Waals surface area contributed by atoms with E-state index < -0.39 is 6.04 Å². The second-order valence-corrected chi connectivity index (χ2v) is 7.10. The molecule has 0 fully saturated rings. The Bertz CT molecular complexity index is 1220. The van der Waals surface area contributed by atoms with Crippen molar-refractivity contribution in [2.24, 2.45) is 0 Å². The van der Waals surface area contributed by atoms with Crippen LogP contribution in [0.15, 0.2) is 73.6 Å². The first kappa shape index (κ1) is 21.0. The molecule has 0 aliphatic carbocycles. The topological polar surface area (TPSA) is 114 Å². The van der Waals surface area contributed by atoms with Crippen LogP contribution in [0.4, 0.5) is 10.5 Å². The third kappa shape index (κ3) is 4.72. The smallest absolute Gasteiger partial charge is 0.319 e. The highest BCUT2D eigenvalue weighted by molar-refractivity contribution is 5.91. The van der Waals surface area contributed by atoms with Gasteiger partial charge >= 0.3 is 6.03 Å². The molecule has 0 saturated heterocycles. The first-order valence-corrected chi connectivity index (χ1v) is 10.2. The van der Waals surface area contributed by atoms with Crippen LogP contribution in [0.2, 0.25) is 0 Å². The molecule has 0 bridgehead atoms. The van der Waals surface area contributed by atoms with Gasteiger partial charge in [-0.1, -0.05) is 18.2 Å². The van der Waals surface area contributed by atoms with Crippen LogP contribution in [0.25, 0.3) is 10.8 Å². The van der Waals surface area contributed by atoms with Gasteiger partial charge in [0.05, 0.1) is 17.9 Å². The zero-order valence-electron chi connectivity index (χ0n) is 17.5. The van der Waals surface area contributed by atoms with Crippen molar-refractivity contribution in [1.82, 2.24) is 30.4 Å². The van der Waals surface area contributed by atoms with Gasteiger partial charge < -0.3 is 16.0 Å². The van der Waals surface area contributed by atoms with Crippen LogP contribution >= 0.6 is 0 Å². The molecule has 9 nitrogen and oxygen atoms in total. The molecule has 0 spiro atoms. The summed E-state index contributed by atoms with van der Waals surface area (Å²) >= 11 is 0. The molecule has 0 aliphatic heterocycles. The van der Waals surface area contributed by atoms with Crippen molar-refractivity contribution in [2.45, 2.75) is 19.5 Å². The van der Waals surface area contributed by atoms with Crippen LogP contribution in [0.3, 0.4) is 0 Å². The van der Waals surface area contributed by atoms with Crippen molar-refractivity contribution >= 4 is 28.4 Å². The second kappa shape index (κ2) is 9.69. The van der Waals surface area contributed by atoms with Crippen molar-refractivity contribution in [2.75, 3.05) is 11.9 Å². The monoisotopic (exact) mass is 429 g/mol. The van der Waals surface area contributed by atoms with Gasteiger partial charge in [0.1, 0.15) is 6.54 Å². The number of aromatic nitrogens is 4. The Labute approximate surface area is 184 Å². The van der Waals surface area contributed by atoms with E-state index in [0.717, 1.165) is 16.3 Å². The third-order valence-corrected chi connectivity index (χ3v) is 4.95. The average Bonchev–Trinajstić information content (AvgIpc) is 3.31. The molecule has 162 valence electrons. The molecule has 3 aromatic heterocycles. The molecule has 4 rings (SSSR count). The number of hydrogen-bond acceptors (Lipinski definition) is 5. The number of hydrogen-bond donors (Lipinski definition) is 3. The lowest BCUT2D eigenvalue weighted by Gasteiger charge is -2.24. The number of nitrogens with one attached hydrogen (secondary N) is 3. The minimum absolute atomic E-state index is 0.0662. The maximum absolute atomic E-state index is 12.9. The molecule has 0 aliphatic rings. The Kier molecular flexibility index (Phi) is 6.35. The summed E-state index contributed by atoms with van der Waals surface area (Å²) < 4.78 is 1.55. The number of amides is 3. The summed E-state index contributed by atoms with van der Waals surface area (Å²) in [7, 11) is 0.